The minimum atomic E-state index is -0.230. The summed E-state index contributed by atoms with van der Waals surface area (Å²) in [6, 6.07) is 7.30. The highest BCUT2D eigenvalue weighted by atomic mass is 16.5. The third-order valence-electron chi connectivity index (χ3n) is 3.90. The molecule has 26 heavy (non-hydrogen) atoms. The number of nitrogens with zero attached hydrogens (tertiary/aromatic N) is 3. The van der Waals surface area contributed by atoms with Crippen molar-refractivity contribution in [3.63, 3.8) is 0 Å². The van der Waals surface area contributed by atoms with E-state index < -0.39 is 0 Å². The van der Waals surface area contributed by atoms with Crippen LogP contribution in [-0.2, 0) is 6.54 Å². The first-order chi connectivity index (χ1) is 12.4. The smallest absolute Gasteiger partial charge is 0.272 e. The van der Waals surface area contributed by atoms with Gasteiger partial charge in [-0.1, -0.05) is 26.0 Å². The molecule has 0 aliphatic carbocycles. The summed E-state index contributed by atoms with van der Waals surface area (Å²) in [5.41, 5.74) is 7.64. The number of ether oxygens (including phenoxy) is 2. The van der Waals surface area contributed by atoms with E-state index in [0.29, 0.717) is 24.7 Å². The highest BCUT2D eigenvalue weighted by molar-refractivity contribution is 5.92. The van der Waals surface area contributed by atoms with E-state index in [1.807, 2.05) is 39.0 Å². The van der Waals surface area contributed by atoms with E-state index in [9.17, 15) is 4.79 Å². The van der Waals surface area contributed by atoms with Crippen LogP contribution in [0.5, 0.6) is 11.5 Å². The van der Waals surface area contributed by atoms with Gasteiger partial charge in [-0.3, -0.25) is 4.79 Å². The Morgan fingerprint density at radius 1 is 1.31 bits per heavy atom. The number of hydrogen-bond donors (Lipinski definition) is 1. The molecule has 1 aromatic heterocycles. The zero-order chi connectivity index (χ0) is 19.3. The van der Waals surface area contributed by atoms with Gasteiger partial charge in [0.25, 0.3) is 5.91 Å². The zero-order valence-corrected chi connectivity index (χ0v) is 15.9. The standard InChI is InChI=1S/C19H26N4O3/c1-6-26-17-13(8-7-9-16(17)25-5)11-23(4)18(24)15-10-14(12(2)3)21-19(20)22-15/h7-10,12H,6,11H2,1-5H3,(H2,20,21,22). The molecule has 0 saturated carbocycles. The fourth-order valence-corrected chi connectivity index (χ4v) is 2.57. The second-order valence-corrected chi connectivity index (χ2v) is 6.23. The number of nitrogen functional groups attached to an aromatic ring is 1. The van der Waals surface area contributed by atoms with Crippen molar-refractivity contribution >= 4 is 11.9 Å². The molecule has 0 spiro atoms. The number of nitrogens with two attached hydrogens (primary N) is 1. The summed E-state index contributed by atoms with van der Waals surface area (Å²) in [7, 11) is 3.30. The van der Waals surface area contributed by atoms with E-state index in [-0.39, 0.29) is 23.5 Å². The van der Waals surface area contributed by atoms with Gasteiger partial charge in [0.15, 0.2) is 11.5 Å². The van der Waals surface area contributed by atoms with Crippen molar-refractivity contribution in [1.29, 1.82) is 0 Å². The van der Waals surface area contributed by atoms with Gasteiger partial charge in [0.2, 0.25) is 5.95 Å². The third kappa shape index (κ3) is 4.41. The van der Waals surface area contributed by atoms with Crippen LogP contribution in [0, 0.1) is 0 Å². The summed E-state index contributed by atoms with van der Waals surface area (Å²) in [6.07, 6.45) is 0. The molecule has 7 heteroatoms. The Labute approximate surface area is 154 Å². The van der Waals surface area contributed by atoms with Crippen LogP contribution in [0.2, 0.25) is 0 Å². The average Bonchev–Trinajstić information content (AvgIpc) is 2.61. The molecule has 1 heterocycles. The van der Waals surface area contributed by atoms with Crippen LogP contribution < -0.4 is 15.2 Å². The number of para-hydroxylation sites is 1. The maximum Gasteiger partial charge on any atom is 0.272 e. The van der Waals surface area contributed by atoms with E-state index in [4.69, 9.17) is 15.2 Å². The molecular weight excluding hydrogens is 332 g/mol. The van der Waals surface area contributed by atoms with Crippen molar-refractivity contribution in [3.05, 3.63) is 41.2 Å². The number of carbonyl (C=O) groups is 1. The molecule has 0 bridgehead atoms. The van der Waals surface area contributed by atoms with Crippen molar-refractivity contribution in [3.8, 4) is 11.5 Å². The third-order valence-corrected chi connectivity index (χ3v) is 3.90. The summed E-state index contributed by atoms with van der Waals surface area (Å²) in [4.78, 5) is 22.7. The van der Waals surface area contributed by atoms with Crippen LogP contribution in [0.4, 0.5) is 5.95 Å². The number of amides is 1. The Hall–Kier alpha value is -2.83. The second kappa shape index (κ2) is 8.51. The fraction of sp³-hybridized carbons (Fsp3) is 0.421. The number of carbonyl (C=O) groups excluding carboxylic acids is 1. The highest BCUT2D eigenvalue weighted by Gasteiger charge is 2.19. The lowest BCUT2D eigenvalue weighted by molar-refractivity contribution is 0.0777. The van der Waals surface area contributed by atoms with Gasteiger partial charge in [0.1, 0.15) is 5.69 Å². The topological polar surface area (TPSA) is 90.6 Å². The van der Waals surface area contributed by atoms with Gasteiger partial charge in [0.05, 0.1) is 13.7 Å². The number of anilines is 1. The molecule has 2 rings (SSSR count). The maximum atomic E-state index is 12.8. The molecule has 0 aliphatic heterocycles. The molecule has 0 saturated heterocycles. The molecular formula is C19H26N4O3. The number of hydrogen-bond acceptors (Lipinski definition) is 6. The summed E-state index contributed by atoms with van der Waals surface area (Å²) >= 11 is 0. The van der Waals surface area contributed by atoms with Crippen LogP contribution in [-0.4, -0.2) is 41.5 Å². The second-order valence-electron chi connectivity index (χ2n) is 6.23. The number of benzene rings is 1. The molecule has 0 fully saturated rings. The molecule has 0 aliphatic rings. The minimum absolute atomic E-state index is 0.101. The van der Waals surface area contributed by atoms with E-state index in [0.717, 1.165) is 11.3 Å². The minimum Gasteiger partial charge on any atom is -0.493 e. The largest absolute Gasteiger partial charge is 0.493 e. The molecule has 0 atom stereocenters. The lowest BCUT2D eigenvalue weighted by atomic mass is 10.1. The summed E-state index contributed by atoms with van der Waals surface area (Å²) in [6.45, 7) is 6.74. The molecule has 2 N–H and O–H groups in total. The predicted molar refractivity (Wildman–Crippen MR) is 100 cm³/mol. The molecule has 1 amide bonds. The first-order valence-corrected chi connectivity index (χ1v) is 8.55. The Morgan fingerprint density at radius 3 is 2.65 bits per heavy atom. The quantitative estimate of drug-likeness (QED) is 0.818. The molecule has 7 nitrogen and oxygen atoms in total. The van der Waals surface area contributed by atoms with Gasteiger partial charge in [-0.05, 0) is 25.0 Å². The van der Waals surface area contributed by atoms with E-state index in [1.165, 1.54) is 0 Å². The number of aromatic nitrogens is 2. The van der Waals surface area contributed by atoms with Gasteiger partial charge < -0.3 is 20.1 Å². The average molecular weight is 358 g/mol. The Morgan fingerprint density at radius 2 is 2.04 bits per heavy atom. The van der Waals surface area contributed by atoms with Crippen LogP contribution >= 0.6 is 0 Å². The first-order valence-electron chi connectivity index (χ1n) is 8.55. The molecule has 140 valence electrons. The van der Waals surface area contributed by atoms with Crippen LogP contribution in [0.1, 0.15) is 48.4 Å². The molecule has 0 unspecified atom stereocenters. The number of rotatable bonds is 7. The Balaban J connectivity index is 2.28. The van der Waals surface area contributed by atoms with Gasteiger partial charge in [-0.15, -0.1) is 0 Å². The van der Waals surface area contributed by atoms with Crippen LogP contribution in [0.25, 0.3) is 0 Å². The Kier molecular flexibility index (Phi) is 6.38. The molecule has 0 radical (unpaired) electrons. The maximum absolute atomic E-state index is 12.8. The monoisotopic (exact) mass is 358 g/mol. The normalized spacial score (nSPS) is 10.7. The summed E-state index contributed by atoms with van der Waals surface area (Å²) in [5, 5.41) is 0. The molecule has 1 aromatic carbocycles. The summed E-state index contributed by atoms with van der Waals surface area (Å²) < 4.78 is 11.1. The lowest BCUT2D eigenvalue weighted by Gasteiger charge is -2.20. The van der Waals surface area contributed by atoms with Crippen molar-refractivity contribution in [2.75, 3.05) is 26.5 Å². The first kappa shape index (κ1) is 19.5. The van der Waals surface area contributed by atoms with Crippen molar-refractivity contribution in [2.45, 2.75) is 33.2 Å². The zero-order valence-electron chi connectivity index (χ0n) is 15.9. The van der Waals surface area contributed by atoms with E-state index in [2.05, 4.69) is 9.97 Å². The van der Waals surface area contributed by atoms with E-state index in [1.54, 1.807) is 25.1 Å². The van der Waals surface area contributed by atoms with Crippen molar-refractivity contribution < 1.29 is 14.3 Å². The SMILES string of the molecule is CCOc1c(CN(C)C(=O)c2cc(C(C)C)nc(N)n2)cccc1OC. The summed E-state index contributed by atoms with van der Waals surface area (Å²) in [5.74, 6) is 1.30. The van der Waals surface area contributed by atoms with Crippen LogP contribution in [0.15, 0.2) is 24.3 Å². The lowest BCUT2D eigenvalue weighted by Crippen LogP contribution is -2.28. The van der Waals surface area contributed by atoms with Crippen LogP contribution in [0.3, 0.4) is 0 Å². The fourth-order valence-electron chi connectivity index (χ4n) is 2.57. The van der Waals surface area contributed by atoms with Gasteiger partial charge in [-0.2, -0.15) is 0 Å². The van der Waals surface area contributed by atoms with Crippen molar-refractivity contribution in [1.82, 2.24) is 14.9 Å². The predicted octanol–water partition coefficient (Wildman–Crippen LogP) is 2.86. The Bertz CT molecular complexity index is 777. The molecule has 2 aromatic rings. The van der Waals surface area contributed by atoms with Gasteiger partial charge in [0, 0.05) is 24.8 Å². The number of methoxy groups -OCH3 is 1. The van der Waals surface area contributed by atoms with Gasteiger partial charge >= 0.3 is 0 Å². The highest BCUT2D eigenvalue weighted by Crippen LogP contribution is 2.32. The van der Waals surface area contributed by atoms with Gasteiger partial charge in [-0.25, -0.2) is 9.97 Å². The van der Waals surface area contributed by atoms with Crippen molar-refractivity contribution in [2.24, 2.45) is 0 Å². The van der Waals surface area contributed by atoms with E-state index >= 15 is 0 Å².